The average molecular weight is 367 g/mol. The number of sulfonamides is 1. The molecule has 1 aromatic heterocycles. The van der Waals surface area contributed by atoms with Crippen LogP contribution in [-0.4, -0.2) is 13.4 Å². The number of benzene rings is 1. The van der Waals surface area contributed by atoms with Crippen molar-refractivity contribution in [1.82, 2.24) is 4.98 Å². The lowest BCUT2D eigenvalue weighted by Gasteiger charge is -2.08. The fourth-order valence-corrected chi connectivity index (χ4v) is 2.79. The first-order valence-corrected chi connectivity index (χ1v) is 7.38. The second-order valence-electron chi connectivity index (χ2n) is 3.62. The molecule has 0 bridgehead atoms. The Morgan fingerprint density at radius 2 is 1.75 bits per heavy atom. The molecule has 0 aliphatic rings. The highest BCUT2D eigenvalue weighted by molar-refractivity contribution is 9.10. The monoisotopic (exact) mass is 366 g/mol. The minimum Gasteiger partial charge on any atom is -0.263 e. The summed E-state index contributed by atoms with van der Waals surface area (Å²) in [6.45, 7) is 0. The molecule has 1 aromatic carbocycles. The number of aromatic nitrogens is 1. The number of nitrogens with zero attached hydrogens (tertiary/aromatic N) is 1. The Morgan fingerprint density at radius 1 is 1.05 bits per heavy atom. The van der Waals surface area contributed by atoms with Crippen molar-refractivity contribution in [3.63, 3.8) is 0 Å². The van der Waals surface area contributed by atoms with Gasteiger partial charge in [0.2, 0.25) is 0 Å². The van der Waals surface area contributed by atoms with E-state index in [2.05, 4.69) is 20.9 Å². The van der Waals surface area contributed by atoms with Crippen molar-refractivity contribution in [3.05, 3.63) is 52.4 Å². The summed E-state index contributed by atoms with van der Waals surface area (Å²) in [5.74, 6) is -5.20. The molecule has 0 spiro atoms. The van der Waals surface area contributed by atoms with Crippen molar-refractivity contribution in [3.8, 4) is 0 Å². The first kappa shape index (κ1) is 14.8. The number of hydrogen-bond donors (Lipinski definition) is 1. The standard InChI is InChI=1S/C11H6BrF3N2O2S/c12-8-2-1-3-9(16-8)17-20(18,19)7-5-4-6(13)10(14)11(7)15/h1-5H,(H,16,17). The third kappa shape index (κ3) is 2.93. The molecule has 2 aromatic rings. The zero-order valence-corrected chi connectivity index (χ0v) is 12.0. The molecule has 0 amide bonds. The van der Waals surface area contributed by atoms with Crippen LogP contribution in [0.1, 0.15) is 0 Å². The van der Waals surface area contributed by atoms with Crippen LogP contribution in [0.15, 0.2) is 39.8 Å². The van der Waals surface area contributed by atoms with Crippen molar-refractivity contribution < 1.29 is 21.6 Å². The Balaban J connectivity index is 2.44. The van der Waals surface area contributed by atoms with Crippen molar-refractivity contribution in [2.24, 2.45) is 0 Å². The number of anilines is 1. The summed E-state index contributed by atoms with van der Waals surface area (Å²) in [7, 11) is -4.42. The maximum atomic E-state index is 13.5. The van der Waals surface area contributed by atoms with Gasteiger partial charge in [-0.2, -0.15) is 0 Å². The summed E-state index contributed by atoms with van der Waals surface area (Å²) in [5.41, 5.74) is 0. The number of pyridine rings is 1. The van der Waals surface area contributed by atoms with Gasteiger partial charge < -0.3 is 0 Å². The normalized spacial score (nSPS) is 11.4. The third-order valence-electron chi connectivity index (χ3n) is 2.24. The van der Waals surface area contributed by atoms with E-state index in [9.17, 15) is 21.6 Å². The molecule has 106 valence electrons. The summed E-state index contributed by atoms with van der Waals surface area (Å²) in [5, 5.41) is 0. The lowest BCUT2D eigenvalue weighted by atomic mass is 10.3. The molecule has 9 heteroatoms. The minimum atomic E-state index is -4.42. The van der Waals surface area contributed by atoms with E-state index in [1.807, 2.05) is 4.72 Å². The van der Waals surface area contributed by atoms with Gasteiger partial charge in [0, 0.05) is 0 Å². The molecule has 0 saturated heterocycles. The van der Waals surface area contributed by atoms with E-state index in [1.54, 1.807) is 6.07 Å². The predicted octanol–water partition coefficient (Wildman–Crippen LogP) is 3.06. The fourth-order valence-electron chi connectivity index (χ4n) is 1.37. The Bertz CT molecular complexity index is 768. The van der Waals surface area contributed by atoms with Crippen LogP contribution in [0.25, 0.3) is 0 Å². The van der Waals surface area contributed by atoms with Crippen LogP contribution < -0.4 is 4.72 Å². The quantitative estimate of drug-likeness (QED) is 0.670. The Hall–Kier alpha value is -1.61. The second-order valence-corrected chi connectivity index (χ2v) is 6.09. The number of nitrogens with one attached hydrogen (secondary N) is 1. The van der Waals surface area contributed by atoms with Crippen molar-refractivity contribution in [2.75, 3.05) is 4.72 Å². The highest BCUT2D eigenvalue weighted by Gasteiger charge is 2.24. The van der Waals surface area contributed by atoms with E-state index in [1.165, 1.54) is 12.1 Å². The zero-order chi connectivity index (χ0) is 14.9. The van der Waals surface area contributed by atoms with E-state index < -0.39 is 32.4 Å². The highest BCUT2D eigenvalue weighted by atomic mass is 79.9. The van der Waals surface area contributed by atoms with Crippen LogP contribution in [0.2, 0.25) is 0 Å². The lowest BCUT2D eigenvalue weighted by molar-refractivity contribution is 0.432. The van der Waals surface area contributed by atoms with Crippen LogP contribution in [-0.2, 0) is 10.0 Å². The molecule has 0 saturated carbocycles. The molecule has 2 rings (SSSR count). The third-order valence-corrected chi connectivity index (χ3v) is 4.06. The molecule has 0 aliphatic heterocycles. The molecule has 1 heterocycles. The number of halogens is 4. The Morgan fingerprint density at radius 3 is 2.40 bits per heavy atom. The summed E-state index contributed by atoms with van der Waals surface area (Å²) in [6, 6.07) is 5.53. The van der Waals surface area contributed by atoms with Crippen LogP contribution in [0.3, 0.4) is 0 Å². The topological polar surface area (TPSA) is 59.1 Å². The average Bonchev–Trinajstić information content (AvgIpc) is 2.35. The van der Waals surface area contributed by atoms with Gasteiger partial charge in [-0.25, -0.2) is 26.6 Å². The van der Waals surface area contributed by atoms with Crippen molar-refractivity contribution in [1.29, 1.82) is 0 Å². The van der Waals surface area contributed by atoms with E-state index in [-0.39, 0.29) is 5.82 Å². The predicted molar refractivity (Wildman–Crippen MR) is 69.1 cm³/mol. The second kappa shape index (κ2) is 5.41. The fraction of sp³-hybridized carbons (Fsp3) is 0. The molecule has 1 N–H and O–H groups in total. The summed E-state index contributed by atoms with van der Waals surface area (Å²) < 4.78 is 65.4. The van der Waals surface area contributed by atoms with Crippen LogP contribution in [0, 0.1) is 17.5 Å². The smallest absolute Gasteiger partial charge is 0.263 e. The van der Waals surface area contributed by atoms with Gasteiger partial charge >= 0.3 is 0 Å². The molecule has 0 atom stereocenters. The maximum absolute atomic E-state index is 13.5. The first-order valence-electron chi connectivity index (χ1n) is 5.10. The first-order chi connectivity index (χ1) is 9.31. The van der Waals surface area contributed by atoms with Crippen molar-refractivity contribution >= 4 is 31.8 Å². The zero-order valence-electron chi connectivity index (χ0n) is 9.57. The lowest BCUT2D eigenvalue weighted by Crippen LogP contribution is -2.16. The molecular weight excluding hydrogens is 361 g/mol. The maximum Gasteiger partial charge on any atom is 0.266 e. The van der Waals surface area contributed by atoms with Crippen molar-refractivity contribution in [2.45, 2.75) is 4.90 Å². The van der Waals surface area contributed by atoms with Crippen LogP contribution >= 0.6 is 15.9 Å². The van der Waals surface area contributed by atoms with Gasteiger partial charge in [-0.15, -0.1) is 0 Å². The van der Waals surface area contributed by atoms with Gasteiger partial charge in [-0.3, -0.25) is 4.72 Å². The van der Waals surface area contributed by atoms with Crippen LogP contribution in [0.5, 0.6) is 0 Å². The SMILES string of the molecule is O=S(=O)(Nc1cccc(Br)n1)c1ccc(F)c(F)c1F. The molecule has 0 fully saturated rings. The number of rotatable bonds is 3. The highest BCUT2D eigenvalue weighted by Crippen LogP contribution is 2.22. The molecule has 20 heavy (non-hydrogen) atoms. The largest absolute Gasteiger partial charge is 0.266 e. The molecule has 0 unspecified atom stereocenters. The Labute approximate surface area is 120 Å². The van der Waals surface area contributed by atoms with Gasteiger partial charge in [0.05, 0.1) is 0 Å². The summed E-state index contributed by atoms with van der Waals surface area (Å²) in [4.78, 5) is 2.79. The van der Waals surface area contributed by atoms with E-state index in [4.69, 9.17) is 0 Å². The van der Waals surface area contributed by atoms with Gasteiger partial charge in [0.15, 0.2) is 17.5 Å². The summed E-state index contributed by atoms with van der Waals surface area (Å²) >= 11 is 3.03. The molecule has 0 radical (unpaired) electrons. The van der Waals surface area contributed by atoms with Gasteiger partial charge in [-0.1, -0.05) is 6.07 Å². The van der Waals surface area contributed by atoms with Gasteiger partial charge in [0.1, 0.15) is 15.3 Å². The van der Waals surface area contributed by atoms with E-state index >= 15 is 0 Å². The van der Waals surface area contributed by atoms with Gasteiger partial charge in [-0.05, 0) is 40.2 Å². The van der Waals surface area contributed by atoms with E-state index in [0.717, 1.165) is 0 Å². The summed E-state index contributed by atoms with van der Waals surface area (Å²) in [6.07, 6.45) is 0. The Kier molecular flexibility index (Phi) is 4.00. The minimum absolute atomic E-state index is 0.0940. The van der Waals surface area contributed by atoms with Crippen LogP contribution in [0.4, 0.5) is 19.0 Å². The van der Waals surface area contributed by atoms with E-state index in [0.29, 0.717) is 16.7 Å². The molecule has 4 nitrogen and oxygen atoms in total. The molecular formula is C11H6BrF3N2O2S. The van der Waals surface area contributed by atoms with Gasteiger partial charge in [0.25, 0.3) is 10.0 Å². The number of hydrogen-bond acceptors (Lipinski definition) is 3. The molecule has 0 aliphatic carbocycles.